The zero-order valence-electron chi connectivity index (χ0n) is 11.9. The predicted octanol–water partition coefficient (Wildman–Crippen LogP) is 0.829. The number of piperazine rings is 1. The lowest BCUT2D eigenvalue weighted by Gasteiger charge is -2.32. The van der Waals surface area contributed by atoms with Crippen LogP contribution in [0.4, 0.5) is 0 Å². The Bertz CT molecular complexity index is 668. The number of carbonyl (C=O) groups excluding carboxylic acids is 1. The van der Waals surface area contributed by atoms with Crippen molar-refractivity contribution in [1.29, 1.82) is 0 Å². The summed E-state index contributed by atoms with van der Waals surface area (Å²) < 4.78 is 26.6. The van der Waals surface area contributed by atoms with Gasteiger partial charge in [0.2, 0.25) is 10.0 Å². The van der Waals surface area contributed by atoms with Gasteiger partial charge in [0.05, 0.1) is 11.4 Å². The Balaban J connectivity index is 2.18. The molecule has 1 aliphatic rings. The van der Waals surface area contributed by atoms with Crippen LogP contribution in [-0.4, -0.2) is 56.1 Å². The smallest absolute Gasteiger partial charge is 0.243 e. The van der Waals surface area contributed by atoms with E-state index in [1.807, 2.05) is 4.90 Å². The van der Waals surface area contributed by atoms with Crippen LogP contribution in [0, 0.1) is 12.3 Å². The summed E-state index contributed by atoms with van der Waals surface area (Å²) in [5.74, 6) is 2.42. The highest BCUT2D eigenvalue weighted by molar-refractivity contribution is 7.89. The van der Waals surface area contributed by atoms with Crippen molar-refractivity contribution in [2.24, 2.45) is 0 Å². The number of rotatable bonds is 4. The van der Waals surface area contributed by atoms with Crippen molar-refractivity contribution in [3.8, 4) is 12.3 Å². The van der Waals surface area contributed by atoms with Crippen LogP contribution in [0.2, 0.25) is 0 Å². The van der Waals surface area contributed by atoms with E-state index in [9.17, 15) is 13.2 Å². The van der Waals surface area contributed by atoms with E-state index in [4.69, 9.17) is 6.42 Å². The molecule has 0 amide bonds. The summed E-state index contributed by atoms with van der Waals surface area (Å²) in [4.78, 5) is 13.6. The quantitative estimate of drug-likeness (QED) is 0.611. The average molecular weight is 306 g/mol. The van der Waals surface area contributed by atoms with Crippen LogP contribution in [0.1, 0.15) is 17.3 Å². The minimum absolute atomic E-state index is 0.147. The van der Waals surface area contributed by atoms with Gasteiger partial charge in [-0.3, -0.25) is 9.69 Å². The number of hydrogen-bond acceptors (Lipinski definition) is 4. The summed E-state index contributed by atoms with van der Waals surface area (Å²) in [5.41, 5.74) is 0.405. The molecular formula is C15H18N2O3S. The average Bonchev–Trinajstić information content (AvgIpc) is 2.48. The fraction of sp³-hybridized carbons (Fsp3) is 0.400. The fourth-order valence-corrected chi connectivity index (χ4v) is 3.75. The highest BCUT2D eigenvalue weighted by atomic mass is 32.2. The molecule has 6 heteroatoms. The minimum Gasteiger partial charge on any atom is -0.295 e. The van der Waals surface area contributed by atoms with E-state index in [1.54, 1.807) is 12.1 Å². The van der Waals surface area contributed by atoms with Gasteiger partial charge < -0.3 is 0 Å². The number of terminal acetylenes is 1. The Morgan fingerprint density at radius 2 is 1.95 bits per heavy atom. The summed E-state index contributed by atoms with van der Waals surface area (Å²) in [6, 6.07) is 6.17. The van der Waals surface area contributed by atoms with E-state index in [0.29, 0.717) is 38.3 Å². The molecule has 1 aromatic rings. The molecule has 21 heavy (non-hydrogen) atoms. The van der Waals surface area contributed by atoms with Crippen molar-refractivity contribution in [3.05, 3.63) is 29.8 Å². The molecule has 0 saturated carbocycles. The van der Waals surface area contributed by atoms with Crippen LogP contribution >= 0.6 is 0 Å². The normalized spacial score (nSPS) is 17.3. The van der Waals surface area contributed by atoms with E-state index < -0.39 is 10.0 Å². The number of Topliss-reactive ketones (excluding diaryl/α,β-unsaturated/α-hetero) is 1. The first-order valence-electron chi connectivity index (χ1n) is 6.72. The standard InChI is InChI=1S/C15H18N2O3S/c1-3-7-16-8-10-17(11-9-16)21(19,20)15-6-4-5-14(12-15)13(2)18/h1,4-6,12H,7-11H2,2H3. The van der Waals surface area contributed by atoms with Crippen molar-refractivity contribution in [3.63, 3.8) is 0 Å². The van der Waals surface area contributed by atoms with Gasteiger partial charge in [-0.05, 0) is 19.1 Å². The number of benzene rings is 1. The van der Waals surface area contributed by atoms with Crippen LogP contribution < -0.4 is 0 Å². The molecule has 0 spiro atoms. The molecule has 0 bridgehead atoms. The molecule has 112 valence electrons. The summed E-state index contributed by atoms with van der Waals surface area (Å²) in [6.45, 7) is 4.02. The van der Waals surface area contributed by atoms with Crippen LogP contribution in [-0.2, 0) is 10.0 Å². The van der Waals surface area contributed by atoms with Crippen molar-refractivity contribution >= 4 is 15.8 Å². The minimum atomic E-state index is -3.55. The molecule has 1 heterocycles. The summed E-state index contributed by atoms with van der Waals surface area (Å²) in [7, 11) is -3.55. The maximum atomic E-state index is 12.6. The van der Waals surface area contributed by atoms with Crippen LogP contribution in [0.5, 0.6) is 0 Å². The monoisotopic (exact) mass is 306 g/mol. The summed E-state index contributed by atoms with van der Waals surface area (Å²) >= 11 is 0. The molecule has 1 aliphatic heterocycles. The van der Waals surface area contributed by atoms with E-state index >= 15 is 0 Å². The van der Waals surface area contributed by atoms with E-state index in [2.05, 4.69) is 5.92 Å². The second kappa shape index (κ2) is 6.39. The van der Waals surface area contributed by atoms with Crippen LogP contribution in [0.15, 0.2) is 29.2 Å². The van der Waals surface area contributed by atoms with Gasteiger partial charge in [-0.1, -0.05) is 18.1 Å². The third-order valence-corrected chi connectivity index (χ3v) is 5.42. The van der Waals surface area contributed by atoms with E-state index in [1.165, 1.54) is 23.4 Å². The number of hydrogen-bond donors (Lipinski definition) is 0. The molecule has 0 unspecified atom stereocenters. The third kappa shape index (κ3) is 3.50. The Morgan fingerprint density at radius 1 is 1.29 bits per heavy atom. The zero-order valence-corrected chi connectivity index (χ0v) is 12.8. The summed E-state index contributed by atoms with van der Waals surface area (Å²) in [5, 5.41) is 0. The number of nitrogens with zero attached hydrogens (tertiary/aromatic N) is 2. The third-order valence-electron chi connectivity index (χ3n) is 3.52. The summed E-state index contributed by atoms with van der Waals surface area (Å²) in [6.07, 6.45) is 5.26. The van der Waals surface area contributed by atoms with Gasteiger partial charge in [-0.2, -0.15) is 4.31 Å². The molecule has 2 rings (SSSR count). The van der Waals surface area contributed by atoms with Gasteiger partial charge in [-0.25, -0.2) is 8.42 Å². The van der Waals surface area contributed by atoms with Crippen molar-refractivity contribution in [1.82, 2.24) is 9.21 Å². The number of carbonyl (C=O) groups is 1. The zero-order chi connectivity index (χ0) is 15.5. The highest BCUT2D eigenvalue weighted by Crippen LogP contribution is 2.19. The Morgan fingerprint density at radius 3 is 2.52 bits per heavy atom. The second-order valence-electron chi connectivity index (χ2n) is 4.97. The fourth-order valence-electron chi connectivity index (χ4n) is 2.28. The van der Waals surface area contributed by atoms with Crippen LogP contribution in [0.25, 0.3) is 0 Å². The van der Waals surface area contributed by atoms with Gasteiger partial charge in [0.15, 0.2) is 5.78 Å². The van der Waals surface area contributed by atoms with Crippen molar-refractivity contribution in [2.75, 3.05) is 32.7 Å². The van der Waals surface area contributed by atoms with Gasteiger partial charge in [0.25, 0.3) is 0 Å². The van der Waals surface area contributed by atoms with Crippen molar-refractivity contribution in [2.45, 2.75) is 11.8 Å². The topological polar surface area (TPSA) is 57.7 Å². The maximum Gasteiger partial charge on any atom is 0.243 e. The molecular weight excluding hydrogens is 288 g/mol. The Labute approximate surface area is 125 Å². The van der Waals surface area contributed by atoms with Gasteiger partial charge in [0.1, 0.15) is 0 Å². The molecule has 1 saturated heterocycles. The molecule has 0 atom stereocenters. The Kier molecular flexibility index (Phi) is 4.78. The molecule has 0 radical (unpaired) electrons. The highest BCUT2D eigenvalue weighted by Gasteiger charge is 2.28. The van der Waals surface area contributed by atoms with Crippen molar-refractivity contribution < 1.29 is 13.2 Å². The first kappa shape index (κ1) is 15.7. The number of sulfonamides is 1. The predicted molar refractivity (Wildman–Crippen MR) is 80.5 cm³/mol. The largest absolute Gasteiger partial charge is 0.295 e. The van der Waals surface area contributed by atoms with Crippen LogP contribution in [0.3, 0.4) is 0 Å². The first-order chi connectivity index (χ1) is 9.95. The first-order valence-corrected chi connectivity index (χ1v) is 8.16. The maximum absolute atomic E-state index is 12.6. The van der Waals surface area contributed by atoms with Gasteiger partial charge in [-0.15, -0.1) is 6.42 Å². The molecule has 5 nitrogen and oxygen atoms in total. The lowest BCUT2D eigenvalue weighted by atomic mass is 10.2. The van der Waals surface area contributed by atoms with E-state index in [0.717, 1.165) is 0 Å². The van der Waals surface area contributed by atoms with Gasteiger partial charge in [0, 0.05) is 31.7 Å². The molecule has 1 aromatic carbocycles. The molecule has 1 fully saturated rings. The van der Waals surface area contributed by atoms with Gasteiger partial charge >= 0.3 is 0 Å². The lowest BCUT2D eigenvalue weighted by Crippen LogP contribution is -2.48. The van der Waals surface area contributed by atoms with E-state index in [-0.39, 0.29) is 10.7 Å². The molecule has 0 aliphatic carbocycles. The SMILES string of the molecule is C#CCN1CCN(S(=O)(=O)c2cccc(C(C)=O)c2)CC1. The molecule has 0 aromatic heterocycles. The number of ketones is 1. The molecule has 0 N–H and O–H groups in total. The Hall–Kier alpha value is -1.68. The second-order valence-corrected chi connectivity index (χ2v) is 6.91. The lowest BCUT2D eigenvalue weighted by molar-refractivity contribution is 0.101.